The first-order valence-corrected chi connectivity index (χ1v) is 6.94. The van der Waals surface area contributed by atoms with Crippen LogP contribution in [-0.2, 0) is 11.3 Å². The van der Waals surface area contributed by atoms with Gasteiger partial charge in [0.25, 0.3) is 0 Å². The van der Waals surface area contributed by atoms with Gasteiger partial charge >= 0.3 is 5.97 Å². The molecule has 0 unspecified atom stereocenters. The molecule has 1 aromatic heterocycles. The first-order chi connectivity index (χ1) is 9.04. The van der Waals surface area contributed by atoms with Gasteiger partial charge in [-0.1, -0.05) is 23.2 Å². The van der Waals surface area contributed by atoms with Crippen molar-refractivity contribution in [2.45, 2.75) is 6.54 Å². The highest BCUT2D eigenvalue weighted by Gasteiger charge is 2.13. The minimum Gasteiger partial charge on any atom is -0.480 e. The van der Waals surface area contributed by atoms with Gasteiger partial charge in [0.2, 0.25) is 0 Å². The van der Waals surface area contributed by atoms with E-state index in [1.54, 1.807) is 35.4 Å². The second-order valence-corrected chi connectivity index (χ2v) is 5.97. The molecule has 0 fully saturated rings. The molecule has 0 aliphatic rings. The Morgan fingerprint density at radius 2 is 2.00 bits per heavy atom. The summed E-state index contributed by atoms with van der Waals surface area (Å²) in [6.07, 6.45) is 1.56. The summed E-state index contributed by atoms with van der Waals surface area (Å²) >= 11 is 13.0. The summed E-state index contributed by atoms with van der Waals surface area (Å²) in [7, 11) is 0. The highest BCUT2D eigenvalue weighted by Crippen LogP contribution is 2.23. The summed E-state index contributed by atoms with van der Waals surface area (Å²) in [6.45, 7) is 0.282. The van der Waals surface area contributed by atoms with Gasteiger partial charge in [-0.15, -0.1) is 11.3 Å². The number of rotatable bonds is 5. The van der Waals surface area contributed by atoms with Gasteiger partial charge in [-0.3, -0.25) is 4.79 Å². The van der Waals surface area contributed by atoms with E-state index in [2.05, 4.69) is 4.98 Å². The molecular formula is C12H10Cl2N2O2S. The molecule has 1 heterocycles. The van der Waals surface area contributed by atoms with Gasteiger partial charge in [0.15, 0.2) is 0 Å². The molecule has 0 aliphatic carbocycles. The fourth-order valence-electron chi connectivity index (χ4n) is 1.58. The van der Waals surface area contributed by atoms with Crippen LogP contribution in [0.2, 0.25) is 9.36 Å². The van der Waals surface area contributed by atoms with Crippen molar-refractivity contribution in [3.63, 3.8) is 0 Å². The maximum Gasteiger partial charge on any atom is 0.323 e. The molecule has 2 rings (SSSR count). The van der Waals surface area contributed by atoms with E-state index < -0.39 is 5.97 Å². The lowest BCUT2D eigenvalue weighted by Crippen LogP contribution is -2.29. The predicted molar refractivity (Wildman–Crippen MR) is 77.3 cm³/mol. The Bertz CT molecular complexity index is 571. The second kappa shape index (κ2) is 6.23. The number of anilines is 1. The number of hydrogen-bond acceptors (Lipinski definition) is 4. The maximum atomic E-state index is 10.9. The van der Waals surface area contributed by atoms with Crippen LogP contribution in [0, 0.1) is 0 Å². The minimum absolute atomic E-state index is 0.112. The zero-order valence-electron chi connectivity index (χ0n) is 9.72. The van der Waals surface area contributed by atoms with E-state index >= 15 is 0 Å². The minimum atomic E-state index is -0.905. The number of nitrogens with zero attached hydrogens (tertiary/aromatic N) is 2. The Hall–Kier alpha value is -1.30. The normalized spacial score (nSPS) is 10.4. The molecule has 7 heteroatoms. The number of hydrogen-bond donors (Lipinski definition) is 1. The lowest BCUT2D eigenvalue weighted by molar-refractivity contribution is -0.135. The Kier molecular flexibility index (Phi) is 4.63. The van der Waals surface area contributed by atoms with Crippen molar-refractivity contribution in [1.82, 2.24) is 4.98 Å². The molecule has 0 atom stereocenters. The van der Waals surface area contributed by atoms with E-state index in [1.807, 2.05) is 0 Å². The van der Waals surface area contributed by atoms with E-state index in [0.29, 0.717) is 15.9 Å². The number of carbonyl (C=O) groups is 1. The standard InChI is InChI=1S/C12H10Cl2N2O2S/c13-8-1-3-9(4-2-8)16(7-12(17)18)6-11-15-5-10(14)19-11/h1-5H,6-7H2,(H,17,18). The van der Waals surface area contributed by atoms with Crippen LogP contribution in [0.5, 0.6) is 0 Å². The van der Waals surface area contributed by atoms with Crippen LogP contribution in [0.1, 0.15) is 5.01 Å². The molecule has 2 aromatic rings. The van der Waals surface area contributed by atoms with Crippen molar-refractivity contribution in [3.8, 4) is 0 Å². The van der Waals surface area contributed by atoms with Gasteiger partial charge in [-0.05, 0) is 24.3 Å². The summed E-state index contributed by atoms with van der Waals surface area (Å²) < 4.78 is 0.585. The SMILES string of the molecule is O=C(O)CN(Cc1ncc(Cl)s1)c1ccc(Cl)cc1. The molecule has 0 saturated heterocycles. The summed E-state index contributed by atoms with van der Waals surface area (Å²) in [5.74, 6) is -0.905. The lowest BCUT2D eigenvalue weighted by Gasteiger charge is -2.21. The smallest absolute Gasteiger partial charge is 0.323 e. The van der Waals surface area contributed by atoms with Crippen LogP contribution in [0.25, 0.3) is 0 Å². The van der Waals surface area contributed by atoms with Crippen molar-refractivity contribution in [1.29, 1.82) is 0 Å². The Morgan fingerprint density at radius 3 is 2.53 bits per heavy atom. The maximum absolute atomic E-state index is 10.9. The number of carboxylic acids is 1. The first kappa shape index (κ1) is 14.1. The van der Waals surface area contributed by atoms with Crippen molar-refractivity contribution in [2.24, 2.45) is 0 Å². The Balaban J connectivity index is 2.20. The van der Waals surface area contributed by atoms with Crippen LogP contribution in [0.15, 0.2) is 30.5 Å². The largest absolute Gasteiger partial charge is 0.480 e. The molecule has 1 N–H and O–H groups in total. The molecule has 1 aromatic carbocycles. The summed E-state index contributed by atoms with van der Waals surface area (Å²) in [5.41, 5.74) is 0.776. The van der Waals surface area contributed by atoms with Crippen LogP contribution >= 0.6 is 34.5 Å². The molecule has 19 heavy (non-hydrogen) atoms. The first-order valence-electron chi connectivity index (χ1n) is 5.37. The number of aromatic nitrogens is 1. The summed E-state index contributed by atoms with van der Waals surface area (Å²) in [5, 5.41) is 10.3. The zero-order chi connectivity index (χ0) is 13.8. The van der Waals surface area contributed by atoms with Crippen LogP contribution in [-0.4, -0.2) is 22.6 Å². The lowest BCUT2D eigenvalue weighted by atomic mass is 10.3. The molecule has 0 bridgehead atoms. The average Bonchev–Trinajstić information content (AvgIpc) is 2.74. The van der Waals surface area contributed by atoms with Crippen molar-refractivity contribution in [2.75, 3.05) is 11.4 Å². The van der Waals surface area contributed by atoms with E-state index in [9.17, 15) is 4.79 Å². The molecule has 4 nitrogen and oxygen atoms in total. The van der Waals surface area contributed by atoms with E-state index in [1.165, 1.54) is 11.3 Å². The highest BCUT2D eigenvalue weighted by molar-refractivity contribution is 7.15. The van der Waals surface area contributed by atoms with Gasteiger partial charge < -0.3 is 10.0 Å². The Morgan fingerprint density at radius 1 is 1.32 bits per heavy atom. The average molecular weight is 317 g/mol. The van der Waals surface area contributed by atoms with Crippen LogP contribution in [0.4, 0.5) is 5.69 Å². The number of benzene rings is 1. The van der Waals surface area contributed by atoms with Gasteiger partial charge in [0, 0.05) is 10.7 Å². The van der Waals surface area contributed by atoms with Gasteiger partial charge in [0.05, 0.1) is 12.7 Å². The zero-order valence-corrected chi connectivity index (χ0v) is 12.0. The van der Waals surface area contributed by atoms with Gasteiger partial charge in [0.1, 0.15) is 15.9 Å². The molecule has 0 aliphatic heterocycles. The third-order valence-electron chi connectivity index (χ3n) is 2.37. The van der Waals surface area contributed by atoms with E-state index in [-0.39, 0.29) is 6.54 Å². The summed E-state index contributed by atoms with van der Waals surface area (Å²) in [6, 6.07) is 7.00. The molecule has 0 spiro atoms. The monoisotopic (exact) mass is 316 g/mol. The third kappa shape index (κ3) is 4.09. The molecule has 100 valence electrons. The highest BCUT2D eigenvalue weighted by atomic mass is 35.5. The Labute approximate surface area is 124 Å². The van der Waals surface area contributed by atoms with Crippen molar-refractivity contribution < 1.29 is 9.90 Å². The predicted octanol–water partition coefficient (Wildman–Crippen LogP) is 3.54. The number of halogens is 2. The quantitative estimate of drug-likeness (QED) is 0.916. The molecule has 0 amide bonds. The van der Waals surface area contributed by atoms with Crippen LogP contribution in [0.3, 0.4) is 0 Å². The van der Waals surface area contributed by atoms with E-state index in [4.69, 9.17) is 28.3 Å². The van der Waals surface area contributed by atoms with Gasteiger partial charge in [-0.25, -0.2) is 4.98 Å². The number of thiazole rings is 1. The summed E-state index contributed by atoms with van der Waals surface area (Å²) in [4.78, 5) is 16.8. The second-order valence-electron chi connectivity index (χ2n) is 3.78. The molecule has 0 saturated carbocycles. The number of aliphatic carboxylic acids is 1. The molecule has 0 radical (unpaired) electrons. The fourth-order valence-corrected chi connectivity index (χ4v) is 2.68. The van der Waals surface area contributed by atoms with Gasteiger partial charge in [-0.2, -0.15) is 0 Å². The topological polar surface area (TPSA) is 53.4 Å². The molecular weight excluding hydrogens is 307 g/mol. The van der Waals surface area contributed by atoms with Crippen LogP contribution < -0.4 is 4.90 Å². The number of carboxylic acid groups (broad SMARTS) is 1. The fraction of sp³-hybridized carbons (Fsp3) is 0.167. The van der Waals surface area contributed by atoms with E-state index in [0.717, 1.165) is 10.7 Å². The van der Waals surface area contributed by atoms with Crippen molar-refractivity contribution in [3.05, 3.63) is 44.8 Å². The third-order valence-corrected chi connectivity index (χ3v) is 3.72. The van der Waals surface area contributed by atoms with Crippen molar-refractivity contribution >= 4 is 46.2 Å².